The Morgan fingerprint density at radius 1 is 0.525 bits per heavy atom. The first-order valence-electron chi connectivity index (χ1n) is 13.1. The van der Waals surface area contributed by atoms with Crippen molar-refractivity contribution in [2.75, 3.05) is 0 Å². The van der Waals surface area contributed by atoms with E-state index in [1.807, 2.05) is 67.6 Å². The van der Waals surface area contributed by atoms with Gasteiger partial charge in [-0.3, -0.25) is 0 Å². The first-order chi connectivity index (χ1) is 19.4. The summed E-state index contributed by atoms with van der Waals surface area (Å²) in [5.41, 5.74) is 4.55. The predicted molar refractivity (Wildman–Crippen MR) is 162 cm³/mol. The number of aryl methyl sites for hydroxylation is 1. The topological polar surface area (TPSA) is 0 Å². The molecule has 4 heteroatoms. The minimum absolute atomic E-state index is 0.170. The Bertz CT molecular complexity index is 1790. The summed E-state index contributed by atoms with van der Waals surface area (Å²) >= 11 is 0. The molecule has 0 aromatic heterocycles. The summed E-state index contributed by atoms with van der Waals surface area (Å²) in [7, 11) is -2.93. The van der Waals surface area contributed by atoms with Crippen molar-refractivity contribution in [2.45, 2.75) is 13.1 Å². The van der Waals surface area contributed by atoms with Crippen molar-refractivity contribution in [1.82, 2.24) is 0 Å². The van der Waals surface area contributed by atoms with E-state index in [4.69, 9.17) is 0 Å². The molecule has 0 bridgehead atoms. The molecule has 6 rings (SSSR count). The molecule has 0 heterocycles. The molecule has 0 N–H and O–H groups in total. The molecule has 0 unspecified atom stereocenters. The average Bonchev–Trinajstić information content (AvgIpc) is 2.98. The van der Waals surface area contributed by atoms with Crippen molar-refractivity contribution >= 4 is 45.2 Å². The van der Waals surface area contributed by atoms with Crippen molar-refractivity contribution in [3.63, 3.8) is 0 Å². The lowest BCUT2D eigenvalue weighted by Gasteiger charge is -2.28. The Morgan fingerprint density at radius 3 is 1.48 bits per heavy atom. The van der Waals surface area contributed by atoms with Gasteiger partial charge in [-0.05, 0) is 44.0 Å². The zero-order chi connectivity index (χ0) is 27.7. The van der Waals surface area contributed by atoms with Gasteiger partial charge in [-0.1, -0.05) is 145 Å². The summed E-state index contributed by atoms with van der Waals surface area (Å²) in [5, 5.41) is 4.74. The molecule has 6 aromatic carbocycles. The summed E-state index contributed by atoms with van der Waals surface area (Å²) < 4.78 is 43.6. The van der Waals surface area contributed by atoms with Crippen molar-refractivity contribution in [3.05, 3.63) is 150 Å². The number of hydrogen-bond acceptors (Lipinski definition) is 0. The molecule has 0 amide bonds. The lowest BCUT2D eigenvalue weighted by molar-refractivity contribution is -0.135. The second-order valence-corrected chi connectivity index (χ2v) is 13.4. The molecular weight excluding hydrogens is 517 g/mol. The summed E-state index contributed by atoms with van der Waals surface area (Å²) in [6.07, 6.45) is -4.51. The minimum Gasteiger partial charge on any atom is -0.166 e. The smallest absolute Gasteiger partial charge is 0.166 e. The van der Waals surface area contributed by atoms with E-state index >= 15 is 0 Å². The van der Waals surface area contributed by atoms with E-state index in [2.05, 4.69) is 47.9 Å². The van der Waals surface area contributed by atoms with Crippen molar-refractivity contribution in [3.8, 4) is 11.5 Å². The van der Waals surface area contributed by atoms with Crippen LogP contribution in [-0.4, -0.2) is 8.07 Å². The molecule has 0 aliphatic heterocycles. The first-order valence-corrected chi connectivity index (χ1v) is 15.1. The van der Waals surface area contributed by atoms with Gasteiger partial charge < -0.3 is 0 Å². The lowest BCUT2D eigenvalue weighted by atomic mass is 9.91. The normalized spacial score (nSPS) is 11.8. The fraction of sp³-hybridized carbons (Fsp3) is 0.0556. The third-order valence-electron chi connectivity index (χ3n) is 7.46. The number of hydrogen-bond donors (Lipinski definition) is 0. The second kappa shape index (κ2) is 10.2. The summed E-state index contributed by atoms with van der Waals surface area (Å²) in [4.78, 5) is 0. The van der Waals surface area contributed by atoms with Gasteiger partial charge in [0, 0.05) is 5.56 Å². The van der Waals surface area contributed by atoms with Gasteiger partial charge in [0.25, 0.3) is 0 Å². The van der Waals surface area contributed by atoms with Crippen molar-refractivity contribution in [2.24, 2.45) is 0 Å². The minimum atomic E-state index is -4.51. The molecule has 0 spiro atoms. The highest BCUT2D eigenvalue weighted by Crippen LogP contribution is 2.42. The predicted octanol–water partition coefficient (Wildman–Crippen LogP) is 7.38. The highest BCUT2D eigenvalue weighted by molar-refractivity contribution is 7.16. The van der Waals surface area contributed by atoms with Crippen LogP contribution in [-0.2, 0) is 6.18 Å². The van der Waals surface area contributed by atoms with Gasteiger partial charge in [0.1, 0.15) is 0 Å². The van der Waals surface area contributed by atoms with Crippen LogP contribution in [0.2, 0.25) is 0 Å². The van der Waals surface area contributed by atoms with Crippen LogP contribution >= 0.6 is 0 Å². The molecule has 0 radical (unpaired) electrons. The molecule has 194 valence electrons. The number of alkyl halides is 3. The second-order valence-electron chi connectivity index (χ2n) is 9.94. The van der Waals surface area contributed by atoms with Gasteiger partial charge in [-0.15, -0.1) is 5.54 Å². The molecule has 40 heavy (non-hydrogen) atoms. The number of rotatable bonds is 3. The van der Waals surface area contributed by atoms with E-state index < -0.39 is 19.8 Å². The Hall–Kier alpha value is -4.59. The van der Waals surface area contributed by atoms with Gasteiger partial charge >= 0.3 is 6.18 Å². The number of benzene rings is 6. The van der Waals surface area contributed by atoms with E-state index in [-0.39, 0.29) is 10.8 Å². The Labute approximate surface area is 232 Å². The summed E-state index contributed by atoms with van der Waals surface area (Å²) in [6.45, 7) is 1.82. The molecule has 0 nitrogen and oxygen atoms in total. The van der Waals surface area contributed by atoms with Gasteiger partial charge in [-0.25, -0.2) is 0 Å². The monoisotopic (exact) mass is 542 g/mol. The average molecular weight is 543 g/mol. The molecule has 0 fully saturated rings. The molecule has 0 saturated heterocycles. The fourth-order valence-corrected chi connectivity index (χ4v) is 9.49. The molecular formula is C36H25F3Si. The van der Waals surface area contributed by atoms with E-state index in [0.29, 0.717) is 16.3 Å². The van der Waals surface area contributed by atoms with Crippen LogP contribution in [0, 0.1) is 18.4 Å². The fourth-order valence-electron chi connectivity index (χ4n) is 5.67. The van der Waals surface area contributed by atoms with Crippen LogP contribution in [0.15, 0.2) is 133 Å². The highest BCUT2D eigenvalue weighted by atomic mass is 28.3. The molecule has 6 aromatic rings. The van der Waals surface area contributed by atoms with Crippen LogP contribution in [0.1, 0.15) is 16.7 Å². The quantitative estimate of drug-likeness (QED) is 0.0947. The zero-order valence-corrected chi connectivity index (χ0v) is 22.8. The Morgan fingerprint density at radius 2 is 0.975 bits per heavy atom. The lowest BCUT2D eigenvalue weighted by Crippen LogP contribution is -2.66. The third-order valence-corrected chi connectivity index (χ3v) is 11.6. The Balaban J connectivity index is 1.76. The van der Waals surface area contributed by atoms with Crippen LogP contribution in [0.5, 0.6) is 0 Å². The van der Waals surface area contributed by atoms with Crippen LogP contribution in [0.3, 0.4) is 0 Å². The van der Waals surface area contributed by atoms with Gasteiger partial charge in [0.05, 0.1) is 5.56 Å². The maximum absolute atomic E-state index is 14.5. The maximum atomic E-state index is 14.5. The SMILES string of the molecule is Cc1ccc2c(C#C[Si](c3ccccc3)(c3ccccc3)c3ccccc3)c3ccccc3c(C(F)(F)F)c2c1. The summed E-state index contributed by atoms with van der Waals surface area (Å²) in [5.74, 6) is 3.51. The summed E-state index contributed by atoms with van der Waals surface area (Å²) in [6, 6.07) is 42.9. The van der Waals surface area contributed by atoms with E-state index in [1.165, 1.54) is 0 Å². The van der Waals surface area contributed by atoms with Crippen molar-refractivity contribution in [1.29, 1.82) is 0 Å². The number of halogens is 3. The van der Waals surface area contributed by atoms with Gasteiger partial charge in [-0.2, -0.15) is 13.2 Å². The highest BCUT2D eigenvalue weighted by Gasteiger charge is 2.39. The number of fused-ring (bicyclic) bond motifs is 2. The molecule has 0 atom stereocenters. The zero-order valence-electron chi connectivity index (χ0n) is 21.8. The van der Waals surface area contributed by atoms with Gasteiger partial charge in [0.15, 0.2) is 0 Å². The van der Waals surface area contributed by atoms with E-state index in [1.54, 1.807) is 36.4 Å². The maximum Gasteiger partial charge on any atom is 0.417 e. The third kappa shape index (κ3) is 4.39. The molecule has 0 aliphatic carbocycles. The van der Waals surface area contributed by atoms with E-state index in [0.717, 1.165) is 21.1 Å². The van der Waals surface area contributed by atoms with Crippen LogP contribution < -0.4 is 15.6 Å². The van der Waals surface area contributed by atoms with Gasteiger partial charge in [0.2, 0.25) is 8.07 Å². The molecule has 0 aliphatic rings. The van der Waals surface area contributed by atoms with Crippen LogP contribution in [0.25, 0.3) is 21.5 Å². The standard InChI is InChI=1S/C36H25F3Si/c1-26-21-22-31-32(30-19-11-12-20-33(30)35(34(31)25-26)36(37,38)39)23-24-40(27-13-5-2-6-14-27,28-15-7-3-8-16-28)29-17-9-4-10-18-29/h2-22,25H,1H3. The Kier molecular flexibility index (Phi) is 6.54. The molecule has 0 saturated carbocycles. The largest absolute Gasteiger partial charge is 0.417 e. The van der Waals surface area contributed by atoms with E-state index in [9.17, 15) is 13.2 Å². The van der Waals surface area contributed by atoms with Crippen LogP contribution in [0.4, 0.5) is 13.2 Å². The first kappa shape index (κ1) is 25.7. The van der Waals surface area contributed by atoms with Crippen molar-refractivity contribution < 1.29 is 13.2 Å².